The van der Waals surface area contributed by atoms with Gasteiger partial charge in [0.25, 0.3) is 11.1 Å². The maximum Gasteiger partial charge on any atom is 0.266 e. The lowest BCUT2D eigenvalue weighted by Gasteiger charge is -2.15. The molecule has 5 rings (SSSR count). The van der Waals surface area contributed by atoms with Crippen molar-refractivity contribution in [1.82, 2.24) is 18.9 Å². The molecule has 0 amide bonds. The van der Waals surface area contributed by atoms with Gasteiger partial charge >= 0.3 is 0 Å². The zero-order valence-corrected chi connectivity index (χ0v) is 18.7. The molecule has 5 aromatic rings. The molecule has 0 unspecified atom stereocenters. The van der Waals surface area contributed by atoms with Gasteiger partial charge in [0.05, 0.1) is 22.3 Å². The first-order valence-electron chi connectivity index (χ1n) is 9.39. The molecule has 3 heterocycles. The number of aromatic nitrogens is 4. The van der Waals surface area contributed by atoms with Crippen LogP contribution < -0.4 is 11.1 Å². The zero-order chi connectivity index (χ0) is 21.5. The van der Waals surface area contributed by atoms with Crippen molar-refractivity contribution in [3.8, 4) is 5.69 Å². The van der Waals surface area contributed by atoms with E-state index in [0.717, 1.165) is 5.56 Å². The summed E-state index contributed by atoms with van der Waals surface area (Å²) in [5.74, 6) is 0.397. The molecule has 0 radical (unpaired) electrons. The summed E-state index contributed by atoms with van der Waals surface area (Å²) in [6, 6.07) is 14.2. The van der Waals surface area contributed by atoms with Gasteiger partial charge in [-0.3, -0.25) is 18.6 Å². The zero-order valence-electron chi connectivity index (χ0n) is 16.3. The first-order valence-corrected chi connectivity index (χ1v) is 11.6. The lowest BCUT2D eigenvalue weighted by atomic mass is 10.2. The minimum Gasteiger partial charge on any atom is -0.269 e. The van der Waals surface area contributed by atoms with Gasteiger partial charge in [0, 0.05) is 28.4 Å². The maximum absolute atomic E-state index is 13.4. The Labute approximate surface area is 189 Å². The summed E-state index contributed by atoms with van der Waals surface area (Å²) >= 11 is 9.10. The minimum atomic E-state index is -0.166. The Morgan fingerprint density at radius 3 is 2.81 bits per heavy atom. The molecule has 6 nitrogen and oxygen atoms in total. The second-order valence-corrected chi connectivity index (χ2v) is 9.09. The Balaban J connectivity index is 1.65. The van der Waals surface area contributed by atoms with Crippen molar-refractivity contribution in [1.29, 1.82) is 0 Å². The first kappa shape index (κ1) is 20.0. The molecule has 0 spiro atoms. The molecule has 0 saturated carbocycles. The predicted octanol–water partition coefficient (Wildman–Crippen LogP) is 4.71. The summed E-state index contributed by atoms with van der Waals surface area (Å²) in [5, 5.41) is 3.45. The number of benzene rings is 2. The second kappa shape index (κ2) is 7.96. The van der Waals surface area contributed by atoms with Crippen LogP contribution in [0.5, 0.6) is 0 Å². The molecule has 0 saturated heterocycles. The van der Waals surface area contributed by atoms with Crippen molar-refractivity contribution in [2.75, 3.05) is 0 Å². The quantitative estimate of drug-likeness (QED) is 0.283. The van der Waals surface area contributed by atoms with Gasteiger partial charge in [-0.05, 0) is 36.8 Å². The van der Waals surface area contributed by atoms with Crippen LogP contribution in [-0.2, 0) is 5.75 Å². The summed E-state index contributed by atoms with van der Waals surface area (Å²) in [6.07, 6.45) is 1.71. The molecular weight excluding hydrogens is 452 g/mol. The van der Waals surface area contributed by atoms with Gasteiger partial charge in [0.2, 0.25) is 0 Å². The first-order chi connectivity index (χ1) is 15.0. The van der Waals surface area contributed by atoms with E-state index >= 15 is 0 Å². The number of hydrogen-bond donors (Lipinski definition) is 0. The number of para-hydroxylation sites is 1. The molecule has 0 aliphatic heterocycles. The Hall–Kier alpha value is -2.94. The highest BCUT2D eigenvalue weighted by Crippen LogP contribution is 2.28. The normalized spacial score (nSPS) is 11.4. The topological polar surface area (TPSA) is 69.3 Å². The van der Waals surface area contributed by atoms with Gasteiger partial charge in [-0.2, -0.15) is 0 Å². The van der Waals surface area contributed by atoms with E-state index < -0.39 is 0 Å². The SMILES string of the molecule is Cc1c(Cl)cccc1-n1c(SCc2cc(=O)n3ccsc3n2)nc2ccccc2c1=O. The molecule has 0 N–H and O–H groups in total. The van der Waals surface area contributed by atoms with Gasteiger partial charge < -0.3 is 0 Å². The van der Waals surface area contributed by atoms with Crippen molar-refractivity contribution in [2.45, 2.75) is 17.8 Å². The molecular formula is C22H15ClN4O2S2. The third-order valence-electron chi connectivity index (χ3n) is 4.93. The van der Waals surface area contributed by atoms with Gasteiger partial charge in [-0.15, -0.1) is 11.3 Å². The highest BCUT2D eigenvalue weighted by atomic mass is 35.5. The third kappa shape index (κ3) is 3.56. The molecule has 0 aliphatic rings. The third-order valence-corrected chi connectivity index (χ3v) is 7.07. The number of thiazole rings is 1. The fourth-order valence-electron chi connectivity index (χ4n) is 3.36. The van der Waals surface area contributed by atoms with Gasteiger partial charge in [0.1, 0.15) is 0 Å². The van der Waals surface area contributed by atoms with E-state index in [2.05, 4.69) is 4.98 Å². The summed E-state index contributed by atoms with van der Waals surface area (Å²) in [6.45, 7) is 1.88. The molecule has 154 valence electrons. The largest absolute Gasteiger partial charge is 0.269 e. The van der Waals surface area contributed by atoms with Gasteiger partial charge in [-0.1, -0.05) is 41.6 Å². The summed E-state index contributed by atoms with van der Waals surface area (Å²) in [4.78, 5) is 35.7. The summed E-state index contributed by atoms with van der Waals surface area (Å²) in [7, 11) is 0. The number of fused-ring (bicyclic) bond motifs is 2. The number of nitrogens with zero attached hydrogens (tertiary/aromatic N) is 4. The van der Waals surface area contributed by atoms with E-state index in [1.54, 1.807) is 22.9 Å². The fraction of sp³-hybridized carbons (Fsp3) is 0.0909. The smallest absolute Gasteiger partial charge is 0.266 e. The van der Waals surface area contributed by atoms with Crippen LogP contribution in [0.15, 0.2) is 74.9 Å². The van der Waals surface area contributed by atoms with E-state index in [9.17, 15) is 9.59 Å². The lowest BCUT2D eigenvalue weighted by Crippen LogP contribution is -2.22. The maximum atomic E-state index is 13.4. The van der Waals surface area contributed by atoms with Crippen LogP contribution in [0.25, 0.3) is 21.6 Å². The second-order valence-electron chi connectivity index (χ2n) is 6.87. The molecule has 0 bridgehead atoms. The van der Waals surface area contributed by atoms with E-state index in [1.807, 2.05) is 42.6 Å². The van der Waals surface area contributed by atoms with Crippen molar-refractivity contribution >= 4 is 50.6 Å². The van der Waals surface area contributed by atoms with Crippen LogP contribution in [0.3, 0.4) is 0 Å². The van der Waals surface area contributed by atoms with Crippen LogP contribution in [0, 0.1) is 6.92 Å². The lowest BCUT2D eigenvalue weighted by molar-refractivity contribution is 0.814. The number of thioether (sulfide) groups is 1. The Morgan fingerprint density at radius 2 is 1.94 bits per heavy atom. The van der Waals surface area contributed by atoms with Crippen molar-refractivity contribution in [3.63, 3.8) is 0 Å². The van der Waals surface area contributed by atoms with E-state index in [-0.39, 0.29) is 11.1 Å². The molecule has 0 aliphatic carbocycles. The molecule has 2 aromatic carbocycles. The minimum absolute atomic E-state index is 0.128. The van der Waals surface area contributed by atoms with Crippen LogP contribution >= 0.6 is 34.7 Å². The molecule has 0 fully saturated rings. The Kier molecular flexibility index (Phi) is 5.13. The number of rotatable bonds is 4. The molecule has 3 aromatic heterocycles. The van der Waals surface area contributed by atoms with E-state index in [4.69, 9.17) is 16.6 Å². The van der Waals surface area contributed by atoms with Crippen LogP contribution in [0.4, 0.5) is 0 Å². The highest BCUT2D eigenvalue weighted by molar-refractivity contribution is 7.98. The van der Waals surface area contributed by atoms with Crippen molar-refractivity contribution in [2.24, 2.45) is 0 Å². The van der Waals surface area contributed by atoms with Crippen molar-refractivity contribution < 1.29 is 0 Å². The number of halogens is 1. The highest BCUT2D eigenvalue weighted by Gasteiger charge is 2.16. The van der Waals surface area contributed by atoms with Gasteiger partial charge in [0.15, 0.2) is 10.1 Å². The van der Waals surface area contributed by atoms with Crippen LogP contribution in [-0.4, -0.2) is 18.9 Å². The van der Waals surface area contributed by atoms with Gasteiger partial charge in [-0.25, -0.2) is 9.97 Å². The van der Waals surface area contributed by atoms with E-state index in [1.165, 1.54) is 33.6 Å². The summed E-state index contributed by atoms with van der Waals surface area (Å²) in [5.41, 5.74) is 2.43. The average molecular weight is 467 g/mol. The monoisotopic (exact) mass is 466 g/mol. The Morgan fingerprint density at radius 1 is 1.10 bits per heavy atom. The molecule has 9 heteroatoms. The number of hydrogen-bond acceptors (Lipinski definition) is 6. The fourth-order valence-corrected chi connectivity index (χ4v) is 5.17. The van der Waals surface area contributed by atoms with Crippen molar-refractivity contribution in [3.05, 3.63) is 97.1 Å². The predicted molar refractivity (Wildman–Crippen MR) is 126 cm³/mol. The summed E-state index contributed by atoms with van der Waals surface area (Å²) < 4.78 is 3.10. The standard InChI is InChI=1S/C22H15ClN4O2S2/c1-13-16(23)6-4-8-18(13)27-20(29)15-5-2-3-7-17(15)25-22(27)31-12-14-11-19(28)26-9-10-30-21(26)24-14/h2-11H,12H2,1H3. The molecule has 31 heavy (non-hydrogen) atoms. The Bertz CT molecular complexity index is 1570. The van der Waals surface area contributed by atoms with Crippen LogP contribution in [0.1, 0.15) is 11.3 Å². The molecule has 0 atom stereocenters. The average Bonchev–Trinajstić information content (AvgIpc) is 3.24. The van der Waals surface area contributed by atoms with Crippen LogP contribution in [0.2, 0.25) is 5.02 Å². The van der Waals surface area contributed by atoms with E-state index in [0.29, 0.717) is 43.2 Å².